The largest absolute Gasteiger partial charge is 0.480 e. The number of nitrogens with zero attached hydrogens (tertiary/aromatic N) is 2. The Morgan fingerprint density at radius 1 is 1.03 bits per heavy atom. The fourth-order valence-electron chi connectivity index (χ4n) is 7.85. The summed E-state index contributed by atoms with van der Waals surface area (Å²) in [4.78, 5) is 55.0. The lowest BCUT2D eigenvalue weighted by molar-refractivity contribution is -0.156. The van der Waals surface area contributed by atoms with Crippen molar-refractivity contribution in [2.45, 2.75) is 70.4 Å². The number of hydrogen-bond acceptors (Lipinski definition) is 4. The average molecular weight is 453 g/mol. The third-order valence-electron chi connectivity index (χ3n) is 8.67. The number of benzene rings is 1. The van der Waals surface area contributed by atoms with Gasteiger partial charge in [0.1, 0.15) is 12.1 Å². The van der Waals surface area contributed by atoms with Crippen molar-refractivity contribution in [3.05, 3.63) is 29.8 Å². The molecule has 0 spiro atoms. The van der Waals surface area contributed by atoms with Gasteiger partial charge in [-0.3, -0.25) is 14.4 Å². The van der Waals surface area contributed by atoms with Gasteiger partial charge >= 0.3 is 5.97 Å². The molecule has 4 bridgehead atoms. The van der Waals surface area contributed by atoms with E-state index in [2.05, 4.69) is 0 Å². The molecular formula is C26H32N2O5. The van der Waals surface area contributed by atoms with Crippen LogP contribution in [0.2, 0.25) is 0 Å². The van der Waals surface area contributed by atoms with Crippen molar-refractivity contribution in [2.24, 2.45) is 23.2 Å². The van der Waals surface area contributed by atoms with Crippen molar-refractivity contribution in [3.8, 4) is 0 Å². The first-order valence-corrected chi connectivity index (χ1v) is 12.1. The summed E-state index contributed by atoms with van der Waals surface area (Å²) in [6.07, 6.45) is 7.04. The highest BCUT2D eigenvalue weighted by Gasteiger charge is 2.54. The van der Waals surface area contributed by atoms with Crippen LogP contribution in [0.3, 0.4) is 0 Å². The van der Waals surface area contributed by atoms with E-state index in [-0.39, 0.29) is 23.5 Å². The van der Waals surface area contributed by atoms with Gasteiger partial charge in [-0.15, -0.1) is 0 Å². The first kappa shape index (κ1) is 22.1. The van der Waals surface area contributed by atoms with Crippen LogP contribution >= 0.6 is 0 Å². The summed E-state index contributed by atoms with van der Waals surface area (Å²) in [5.74, 6) is -0.397. The van der Waals surface area contributed by atoms with Gasteiger partial charge in [0, 0.05) is 26.0 Å². The van der Waals surface area contributed by atoms with E-state index in [9.17, 15) is 24.3 Å². The minimum Gasteiger partial charge on any atom is -0.480 e. The lowest BCUT2D eigenvalue weighted by Crippen LogP contribution is -2.59. The summed E-state index contributed by atoms with van der Waals surface area (Å²) >= 11 is 0. The van der Waals surface area contributed by atoms with E-state index in [4.69, 9.17) is 0 Å². The van der Waals surface area contributed by atoms with E-state index in [0.29, 0.717) is 35.4 Å². The highest BCUT2D eigenvalue weighted by atomic mass is 16.4. The van der Waals surface area contributed by atoms with Gasteiger partial charge in [0.15, 0.2) is 5.78 Å². The molecular weight excluding hydrogens is 420 g/mol. The highest BCUT2D eigenvalue weighted by molar-refractivity contribution is 6.09. The van der Waals surface area contributed by atoms with Crippen molar-refractivity contribution in [1.29, 1.82) is 0 Å². The van der Waals surface area contributed by atoms with Crippen molar-refractivity contribution in [3.63, 3.8) is 0 Å². The van der Waals surface area contributed by atoms with E-state index in [1.165, 1.54) is 36.0 Å². The van der Waals surface area contributed by atoms with Gasteiger partial charge in [-0.25, -0.2) is 4.79 Å². The normalized spacial score (nSPS) is 35.6. The summed E-state index contributed by atoms with van der Waals surface area (Å²) < 4.78 is 0. The quantitative estimate of drug-likeness (QED) is 0.757. The molecule has 4 saturated carbocycles. The Labute approximate surface area is 194 Å². The van der Waals surface area contributed by atoms with Crippen LogP contribution in [0.25, 0.3) is 0 Å². The number of carboxylic acid groups (broad SMARTS) is 1. The molecule has 4 fully saturated rings. The zero-order chi connectivity index (χ0) is 23.5. The van der Waals surface area contributed by atoms with Crippen LogP contribution in [0.15, 0.2) is 24.3 Å². The molecule has 2 atom stereocenters. The number of amides is 2. The van der Waals surface area contributed by atoms with Crippen LogP contribution in [0, 0.1) is 23.2 Å². The molecule has 7 heteroatoms. The zero-order valence-corrected chi connectivity index (χ0v) is 19.3. The van der Waals surface area contributed by atoms with E-state index < -0.39 is 24.0 Å². The van der Waals surface area contributed by atoms with Gasteiger partial charge in [0.2, 0.25) is 11.8 Å². The summed E-state index contributed by atoms with van der Waals surface area (Å²) in [6.45, 7) is 1.31. The number of para-hydroxylation sites is 1. The molecule has 1 aliphatic heterocycles. The van der Waals surface area contributed by atoms with Gasteiger partial charge in [-0.2, -0.15) is 0 Å². The monoisotopic (exact) mass is 452 g/mol. The summed E-state index contributed by atoms with van der Waals surface area (Å²) in [7, 11) is 1.63. The van der Waals surface area contributed by atoms with Crippen molar-refractivity contribution in [1.82, 2.24) is 4.90 Å². The number of carboxylic acids is 1. The van der Waals surface area contributed by atoms with Gasteiger partial charge in [0.05, 0.1) is 5.69 Å². The van der Waals surface area contributed by atoms with Crippen LogP contribution in [0.5, 0.6) is 0 Å². The molecule has 1 aromatic carbocycles. The molecule has 4 aliphatic carbocycles. The first-order valence-electron chi connectivity index (χ1n) is 12.1. The molecule has 1 heterocycles. The minimum atomic E-state index is -1.36. The van der Waals surface area contributed by atoms with E-state index >= 15 is 0 Å². The fraction of sp³-hybridized carbons (Fsp3) is 0.615. The smallest absolute Gasteiger partial charge is 0.326 e. The molecule has 6 rings (SSSR count). The molecule has 2 amide bonds. The Morgan fingerprint density at radius 3 is 2.15 bits per heavy atom. The SMILES string of the molecule is CC(=O)N1[C@H](CC23CC4CC(CC(C4)C2)C3)C(=O)N(C)c2ccccc2C(=O)C[C@H]1C(=O)O. The van der Waals surface area contributed by atoms with E-state index in [1.54, 1.807) is 31.3 Å². The van der Waals surface area contributed by atoms with Crippen LogP contribution in [0.4, 0.5) is 5.69 Å². The number of hydrogen-bond donors (Lipinski definition) is 1. The Bertz CT molecular complexity index is 982. The number of anilines is 1. The maximum Gasteiger partial charge on any atom is 0.326 e. The molecule has 0 saturated heterocycles. The first-order chi connectivity index (χ1) is 15.7. The number of likely N-dealkylation sites (N-methyl/N-ethyl adjacent to an activating group) is 1. The van der Waals surface area contributed by atoms with Crippen LogP contribution in [0.1, 0.15) is 68.6 Å². The van der Waals surface area contributed by atoms with Gasteiger partial charge < -0.3 is 14.9 Å². The van der Waals surface area contributed by atoms with Crippen molar-refractivity contribution in [2.75, 3.05) is 11.9 Å². The third kappa shape index (κ3) is 3.75. The number of Topliss-reactive ketones (excluding diaryl/α,β-unsaturated/α-hetero) is 1. The Balaban J connectivity index is 1.59. The van der Waals surface area contributed by atoms with Gasteiger partial charge in [0.25, 0.3) is 0 Å². The maximum atomic E-state index is 14.0. The second kappa shape index (κ2) is 7.96. The number of carbonyl (C=O) groups excluding carboxylic acids is 3. The second-order valence-corrected chi connectivity index (χ2v) is 11.0. The molecule has 7 nitrogen and oxygen atoms in total. The summed E-state index contributed by atoms with van der Waals surface area (Å²) in [5.41, 5.74) is 0.751. The second-order valence-electron chi connectivity index (χ2n) is 11.0. The Morgan fingerprint density at radius 2 is 1.61 bits per heavy atom. The van der Waals surface area contributed by atoms with Crippen molar-refractivity contribution < 1.29 is 24.3 Å². The molecule has 5 aliphatic rings. The van der Waals surface area contributed by atoms with Crippen LogP contribution in [-0.4, -0.2) is 52.7 Å². The average Bonchev–Trinajstić information content (AvgIpc) is 2.77. The molecule has 0 unspecified atom stereocenters. The van der Waals surface area contributed by atoms with Gasteiger partial charge in [-0.1, -0.05) is 12.1 Å². The molecule has 176 valence electrons. The summed E-state index contributed by atoms with van der Waals surface area (Å²) in [6, 6.07) is 4.54. The van der Waals surface area contributed by atoms with Crippen molar-refractivity contribution >= 4 is 29.3 Å². The number of carbonyl (C=O) groups is 4. The predicted molar refractivity (Wildman–Crippen MR) is 122 cm³/mol. The highest BCUT2D eigenvalue weighted by Crippen LogP contribution is 2.62. The van der Waals surface area contributed by atoms with Crippen LogP contribution < -0.4 is 4.90 Å². The topological polar surface area (TPSA) is 95.0 Å². The van der Waals surface area contributed by atoms with Gasteiger partial charge in [-0.05, 0) is 80.2 Å². The lowest BCUT2D eigenvalue weighted by atomic mass is 9.48. The standard InChI is InChI=1S/C26H32N2O5/c1-15(29)28-21(25(32)33)10-23(30)19-5-3-4-6-20(19)27(2)24(31)22(28)14-26-11-16-7-17(12-26)9-18(8-16)13-26/h3-6,16-18,21-22H,7-14H2,1-2H3,(H,32,33)/t16?,17?,18?,21-,22+,26?/m0/s1. The number of fused-ring (bicyclic) bond motifs is 1. The molecule has 1 aromatic rings. The predicted octanol–water partition coefficient (Wildman–Crippen LogP) is 3.51. The third-order valence-corrected chi connectivity index (χ3v) is 8.67. The minimum absolute atomic E-state index is 0.0374. The summed E-state index contributed by atoms with van der Waals surface area (Å²) in [5, 5.41) is 10.1. The molecule has 33 heavy (non-hydrogen) atoms. The maximum absolute atomic E-state index is 14.0. The number of rotatable bonds is 3. The number of aliphatic carboxylic acids is 1. The van der Waals surface area contributed by atoms with Crippen LogP contribution in [-0.2, 0) is 14.4 Å². The fourth-order valence-corrected chi connectivity index (χ4v) is 7.85. The zero-order valence-electron chi connectivity index (χ0n) is 19.3. The van der Waals surface area contributed by atoms with E-state index in [0.717, 1.165) is 19.3 Å². The Hall–Kier alpha value is -2.70. The molecule has 0 radical (unpaired) electrons. The van der Waals surface area contributed by atoms with E-state index in [1.807, 2.05) is 0 Å². The molecule has 1 N–H and O–H groups in total. The molecule has 0 aromatic heterocycles. The number of ketones is 1. The Kier molecular flexibility index (Phi) is 5.33. The lowest BCUT2D eigenvalue weighted by Gasteiger charge is -2.58.